The fraction of sp³-hybridized carbons (Fsp3) is 0.400. The van der Waals surface area contributed by atoms with E-state index in [4.69, 9.17) is 11.6 Å². The lowest BCUT2D eigenvalue weighted by atomic mass is 9.73. The van der Waals surface area contributed by atoms with Gasteiger partial charge in [-0.05, 0) is 109 Å². The standard InChI is InChI=1S/C45H53ClF3IN6O5S3/c1-44(2)20-18-40(32-8-12-35(46)13-9-32)34(29-44)30-51-21-22-52-36-14-10-33(11-15-36)43(57)54-64(60,61)39-16-17-41(42(28-39)63(58,59)45(47,48)49)53-37(31-62-38-6-4-3-5-7-38)19-23-55-24-26-56(50)27-25-55/h3-17,28,37,51-53H,18-27,29-31H2,1-2H3,(H,54,57)/t37-/m1/s1. The molecular formula is C45H53ClF3IN6O5S3. The first-order valence-electron chi connectivity index (χ1n) is 20.9. The molecule has 4 N–H and O–H groups in total. The smallest absolute Gasteiger partial charge is 0.384 e. The summed E-state index contributed by atoms with van der Waals surface area (Å²) in [7, 11) is -10.9. The molecule has 4 aromatic carbocycles. The van der Waals surface area contributed by atoms with Crippen LogP contribution in [0.4, 0.5) is 24.5 Å². The summed E-state index contributed by atoms with van der Waals surface area (Å²) in [6.45, 7) is 10.4. The van der Waals surface area contributed by atoms with Gasteiger partial charge >= 0.3 is 5.51 Å². The second-order valence-corrected chi connectivity index (χ2v) is 23.1. The molecule has 1 aliphatic carbocycles. The van der Waals surface area contributed by atoms with Crippen LogP contribution >= 0.6 is 46.2 Å². The summed E-state index contributed by atoms with van der Waals surface area (Å²) in [5, 5.41) is 10.5. The lowest BCUT2D eigenvalue weighted by Gasteiger charge is -2.34. The van der Waals surface area contributed by atoms with E-state index in [9.17, 15) is 34.8 Å². The van der Waals surface area contributed by atoms with Crippen LogP contribution in [-0.2, 0) is 19.9 Å². The van der Waals surface area contributed by atoms with Crippen LogP contribution in [0.25, 0.3) is 5.57 Å². The molecule has 11 nitrogen and oxygen atoms in total. The number of sulfonamides is 1. The Morgan fingerprint density at radius 2 is 1.59 bits per heavy atom. The third-order valence-corrected chi connectivity index (χ3v) is 16.5. The molecule has 1 fully saturated rings. The fourth-order valence-electron chi connectivity index (χ4n) is 7.65. The Kier molecular flexibility index (Phi) is 17.2. The zero-order valence-corrected chi connectivity index (χ0v) is 40.9. The van der Waals surface area contributed by atoms with E-state index in [0.717, 1.165) is 69.0 Å². The molecule has 2 aliphatic rings. The van der Waals surface area contributed by atoms with Crippen molar-refractivity contribution in [3.8, 4) is 0 Å². The summed E-state index contributed by atoms with van der Waals surface area (Å²) >= 11 is 9.86. The van der Waals surface area contributed by atoms with Gasteiger partial charge in [0, 0.05) is 108 Å². The van der Waals surface area contributed by atoms with Crippen molar-refractivity contribution >= 4 is 88.9 Å². The molecule has 6 rings (SSSR count). The van der Waals surface area contributed by atoms with Gasteiger partial charge in [0.1, 0.15) is 4.90 Å². The van der Waals surface area contributed by atoms with Gasteiger partial charge in [0.2, 0.25) is 0 Å². The number of amides is 1. The Hall–Kier alpha value is -3.37. The molecule has 19 heteroatoms. The van der Waals surface area contributed by atoms with Gasteiger partial charge in [-0.15, -0.1) is 11.8 Å². The van der Waals surface area contributed by atoms with E-state index in [1.54, 1.807) is 12.1 Å². The predicted molar refractivity (Wildman–Crippen MR) is 259 cm³/mol. The Bertz CT molecular complexity index is 2470. The SMILES string of the molecule is CC1(C)CCC(c2ccc(Cl)cc2)=C(CNCCNc2ccc(C(=O)NS(=O)(=O)c3ccc(N[C@H](CCN4CCN(I)CC4)CSc4ccccc4)c(S(=O)(=O)C(F)(F)F)c3)cc2)C1. The first-order chi connectivity index (χ1) is 30.3. The van der Waals surface area contributed by atoms with Gasteiger partial charge < -0.3 is 20.9 Å². The van der Waals surface area contributed by atoms with E-state index in [-0.39, 0.29) is 11.0 Å². The van der Waals surface area contributed by atoms with Crippen molar-refractivity contribution in [2.75, 3.05) is 68.7 Å². The van der Waals surface area contributed by atoms with Gasteiger partial charge in [-0.3, -0.25) is 4.79 Å². The maximum Gasteiger partial charge on any atom is 0.501 e. The highest BCUT2D eigenvalue weighted by Crippen LogP contribution is 2.42. The maximum atomic E-state index is 14.2. The summed E-state index contributed by atoms with van der Waals surface area (Å²) in [5.41, 5.74) is -1.39. The monoisotopic (exact) mass is 1070 g/mol. The van der Waals surface area contributed by atoms with E-state index >= 15 is 0 Å². The van der Waals surface area contributed by atoms with Crippen LogP contribution in [-0.4, -0.2) is 100 Å². The van der Waals surface area contributed by atoms with Gasteiger partial charge in [-0.2, -0.15) is 13.2 Å². The van der Waals surface area contributed by atoms with Crippen LogP contribution in [0.5, 0.6) is 0 Å². The van der Waals surface area contributed by atoms with E-state index in [1.165, 1.54) is 40.6 Å². The number of hydrogen-bond acceptors (Lipinski definition) is 11. The zero-order valence-electron chi connectivity index (χ0n) is 35.6. The van der Waals surface area contributed by atoms with Crippen LogP contribution in [0.3, 0.4) is 0 Å². The number of anilines is 2. The molecule has 4 aromatic rings. The molecule has 0 aromatic heterocycles. The number of sulfone groups is 1. The van der Waals surface area contributed by atoms with Crippen molar-refractivity contribution in [1.29, 1.82) is 0 Å². The van der Waals surface area contributed by atoms with Crippen LogP contribution < -0.4 is 20.7 Å². The molecule has 1 heterocycles. The number of halogens is 5. The van der Waals surface area contributed by atoms with Gasteiger partial charge in [0.05, 0.1) is 10.6 Å². The summed E-state index contributed by atoms with van der Waals surface area (Å²) in [6.07, 6.45) is 3.54. The molecule has 0 radical (unpaired) electrons. The number of piperazine rings is 1. The molecule has 64 heavy (non-hydrogen) atoms. The molecule has 0 spiro atoms. The Morgan fingerprint density at radius 3 is 2.27 bits per heavy atom. The second-order valence-electron chi connectivity index (χ2n) is 16.7. The second kappa shape index (κ2) is 22.0. The largest absolute Gasteiger partial charge is 0.501 e. The molecular weight excluding hydrogens is 1020 g/mol. The van der Waals surface area contributed by atoms with Crippen LogP contribution in [0.2, 0.25) is 5.02 Å². The summed E-state index contributed by atoms with van der Waals surface area (Å²) < 4.78 is 99.6. The number of hydrogen-bond donors (Lipinski definition) is 4. The number of rotatable bonds is 19. The minimum Gasteiger partial charge on any atom is -0.384 e. The molecule has 1 atom stereocenters. The maximum absolute atomic E-state index is 14.2. The third-order valence-electron chi connectivity index (χ3n) is 11.2. The molecule has 1 saturated heterocycles. The molecule has 0 bridgehead atoms. The summed E-state index contributed by atoms with van der Waals surface area (Å²) in [6, 6.07) is 25.3. The van der Waals surface area contributed by atoms with E-state index < -0.39 is 52.8 Å². The quantitative estimate of drug-likeness (QED) is 0.0309. The van der Waals surface area contributed by atoms with Crippen molar-refractivity contribution in [3.05, 3.63) is 119 Å². The first kappa shape index (κ1) is 50.1. The fourth-order valence-corrected chi connectivity index (χ4v) is 11.2. The molecule has 346 valence electrons. The Morgan fingerprint density at radius 1 is 0.906 bits per heavy atom. The molecule has 0 unspecified atom stereocenters. The Balaban J connectivity index is 1.10. The number of thioether (sulfide) groups is 1. The topological polar surface area (TPSA) is 140 Å². The number of nitrogens with zero attached hydrogens (tertiary/aromatic N) is 2. The first-order valence-corrected chi connectivity index (χ1v) is 26.2. The number of benzene rings is 4. The average Bonchev–Trinajstić information content (AvgIpc) is 3.25. The number of carbonyl (C=O) groups excluding carboxylic acids is 1. The number of allylic oxidation sites excluding steroid dienone is 1. The normalized spacial score (nSPS) is 16.9. The molecule has 1 aliphatic heterocycles. The lowest BCUT2D eigenvalue weighted by Crippen LogP contribution is -2.43. The number of alkyl halides is 3. The van der Waals surface area contributed by atoms with Gasteiger partial charge in [-0.25, -0.2) is 24.7 Å². The summed E-state index contributed by atoms with van der Waals surface area (Å²) in [5.74, 6) is -0.663. The highest BCUT2D eigenvalue weighted by molar-refractivity contribution is 14.1. The molecule has 1 amide bonds. The average molecular weight is 1070 g/mol. The predicted octanol–water partition coefficient (Wildman–Crippen LogP) is 9.35. The minimum atomic E-state index is -6.05. The van der Waals surface area contributed by atoms with Crippen molar-refractivity contribution in [3.63, 3.8) is 0 Å². The summed E-state index contributed by atoms with van der Waals surface area (Å²) in [4.78, 5) is 14.3. The highest BCUT2D eigenvalue weighted by Gasteiger charge is 2.48. The number of nitrogens with one attached hydrogen (secondary N) is 4. The van der Waals surface area contributed by atoms with Crippen molar-refractivity contribution in [1.82, 2.24) is 18.1 Å². The van der Waals surface area contributed by atoms with Gasteiger partial charge in [0.15, 0.2) is 0 Å². The van der Waals surface area contributed by atoms with E-state index in [0.29, 0.717) is 48.6 Å². The zero-order chi connectivity index (χ0) is 46.1. The van der Waals surface area contributed by atoms with Crippen LogP contribution in [0.1, 0.15) is 55.5 Å². The van der Waals surface area contributed by atoms with Crippen LogP contribution in [0.15, 0.2) is 117 Å². The van der Waals surface area contributed by atoms with Crippen molar-refractivity contribution < 1.29 is 34.8 Å². The Labute approximate surface area is 397 Å². The minimum absolute atomic E-state index is 0.0334. The van der Waals surface area contributed by atoms with Crippen LogP contribution in [0, 0.1) is 5.41 Å². The third kappa shape index (κ3) is 13.8. The van der Waals surface area contributed by atoms with Crippen molar-refractivity contribution in [2.45, 2.75) is 65.8 Å². The van der Waals surface area contributed by atoms with E-state index in [2.05, 4.69) is 72.8 Å². The van der Waals surface area contributed by atoms with E-state index in [1.807, 2.05) is 47.2 Å². The number of carbonyl (C=O) groups is 1. The van der Waals surface area contributed by atoms with Crippen molar-refractivity contribution in [2.24, 2.45) is 5.41 Å². The van der Waals surface area contributed by atoms with Gasteiger partial charge in [0.25, 0.3) is 25.8 Å². The highest BCUT2D eigenvalue weighted by atomic mass is 127. The van der Waals surface area contributed by atoms with Gasteiger partial charge in [-0.1, -0.05) is 61.4 Å². The lowest BCUT2D eigenvalue weighted by molar-refractivity contribution is -0.0435. The molecule has 0 saturated carbocycles.